The van der Waals surface area contributed by atoms with Gasteiger partial charge in [0.1, 0.15) is 11.2 Å². The van der Waals surface area contributed by atoms with Crippen LogP contribution in [-0.2, 0) is 16.6 Å². The molecule has 0 saturated carbocycles. The van der Waals surface area contributed by atoms with Crippen LogP contribution in [0.15, 0.2) is 42.1 Å². The van der Waals surface area contributed by atoms with Crippen LogP contribution in [0.5, 0.6) is 0 Å². The lowest BCUT2D eigenvalue weighted by Gasteiger charge is -2.06. The number of aryl methyl sites for hydroxylation is 1. The fraction of sp³-hybridized carbons (Fsp3) is 0.182. The van der Waals surface area contributed by atoms with Crippen LogP contribution in [0, 0.1) is 0 Å². The van der Waals surface area contributed by atoms with Crippen LogP contribution in [0.4, 0.5) is 5.95 Å². The number of aromatic nitrogens is 7. The molecular weight excluding hydrogens is 308 g/mol. The number of nitrogens with one attached hydrogen (secondary N) is 1. The molecule has 0 aromatic carbocycles. The van der Waals surface area contributed by atoms with Gasteiger partial charge in [0.25, 0.3) is 16.0 Å². The number of nitrogens with zero attached hydrogens (tertiary/aromatic N) is 7. The molecule has 3 aromatic heterocycles. The second-order valence-electron chi connectivity index (χ2n) is 4.18. The van der Waals surface area contributed by atoms with Crippen molar-refractivity contribution in [1.29, 1.82) is 0 Å². The largest absolute Gasteiger partial charge is 0.272 e. The summed E-state index contributed by atoms with van der Waals surface area (Å²) in [5.41, 5.74) is 0. The molecule has 0 amide bonds. The number of hydrogen-bond acceptors (Lipinski definition) is 7. The van der Waals surface area contributed by atoms with Crippen molar-refractivity contribution in [1.82, 2.24) is 34.5 Å². The number of sulfonamides is 1. The molecule has 22 heavy (non-hydrogen) atoms. The standard InChI is InChI=1S/C11H12N8O2S/c1-2-18-7-9(6-15-18)22(20,21)17-11-14-8-16-19(11)10-12-4-3-5-13-10/h3-8H,2H2,1H3,(H,14,16,17). The maximum atomic E-state index is 12.3. The lowest BCUT2D eigenvalue weighted by Crippen LogP contribution is -2.17. The molecule has 0 spiro atoms. The van der Waals surface area contributed by atoms with Gasteiger partial charge in [0.05, 0.1) is 6.20 Å². The summed E-state index contributed by atoms with van der Waals surface area (Å²) in [4.78, 5) is 11.9. The highest BCUT2D eigenvalue weighted by Crippen LogP contribution is 2.14. The SMILES string of the molecule is CCn1cc(S(=O)(=O)Nc2ncnn2-c2ncccn2)cn1. The summed E-state index contributed by atoms with van der Waals surface area (Å²) in [5, 5.41) is 7.86. The van der Waals surface area contributed by atoms with Crippen molar-refractivity contribution >= 4 is 16.0 Å². The molecule has 0 radical (unpaired) electrons. The van der Waals surface area contributed by atoms with E-state index < -0.39 is 10.0 Å². The van der Waals surface area contributed by atoms with Crippen LogP contribution in [0.3, 0.4) is 0 Å². The Hall–Kier alpha value is -2.82. The van der Waals surface area contributed by atoms with Gasteiger partial charge in [-0.1, -0.05) is 0 Å². The smallest absolute Gasteiger partial charge is 0.267 e. The Bertz CT molecular complexity index is 870. The highest BCUT2D eigenvalue weighted by atomic mass is 32.2. The summed E-state index contributed by atoms with van der Waals surface area (Å²) in [6.07, 6.45) is 6.96. The number of rotatable bonds is 5. The van der Waals surface area contributed by atoms with Crippen molar-refractivity contribution in [2.45, 2.75) is 18.4 Å². The van der Waals surface area contributed by atoms with Crippen molar-refractivity contribution in [3.8, 4) is 5.95 Å². The van der Waals surface area contributed by atoms with Gasteiger partial charge in [-0.25, -0.2) is 23.1 Å². The predicted octanol–water partition coefficient (Wildman–Crippen LogP) is 0.0745. The Kier molecular flexibility index (Phi) is 3.55. The first-order valence-corrected chi connectivity index (χ1v) is 7.81. The molecule has 3 heterocycles. The van der Waals surface area contributed by atoms with Gasteiger partial charge in [-0.2, -0.15) is 19.9 Å². The highest BCUT2D eigenvalue weighted by molar-refractivity contribution is 7.92. The molecule has 0 aliphatic carbocycles. The van der Waals surface area contributed by atoms with Crippen LogP contribution in [0.1, 0.15) is 6.92 Å². The van der Waals surface area contributed by atoms with E-state index in [1.807, 2.05) is 6.92 Å². The minimum Gasteiger partial charge on any atom is -0.272 e. The maximum absolute atomic E-state index is 12.3. The molecule has 3 aromatic rings. The van der Waals surface area contributed by atoms with E-state index in [9.17, 15) is 8.42 Å². The quantitative estimate of drug-likeness (QED) is 0.706. The van der Waals surface area contributed by atoms with E-state index in [1.54, 1.807) is 6.07 Å². The van der Waals surface area contributed by atoms with E-state index in [0.29, 0.717) is 6.54 Å². The molecule has 0 unspecified atom stereocenters. The summed E-state index contributed by atoms with van der Waals surface area (Å²) in [6.45, 7) is 2.43. The number of anilines is 1. The predicted molar refractivity (Wildman–Crippen MR) is 75.7 cm³/mol. The molecule has 1 N–H and O–H groups in total. The van der Waals surface area contributed by atoms with Crippen LogP contribution in [0.2, 0.25) is 0 Å². The Labute approximate surface area is 125 Å². The lowest BCUT2D eigenvalue weighted by molar-refractivity contribution is 0.599. The zero-order valence-corrected chi connectivity index (χ0v) is 12.3. The van der Waals surface area contributed by atoms with Gasteiger partial charge < -0.3 is 0 Å². The summed E-state index contributed by atoms with van der Waals surface area (Å²) in [7, 11) is -3.82. The van der Waals surface area contributed by atoms with Crippen LogP contribution in [0.25, 0.3) is 5.95 Å². The summed E-state index contributed by atoms with van der Waals surface area (Å²) < 4.78 is 29.7. The fourth-order valence-corrected chi connectivity index (χ4v) is 2.64. The van der Waals surface area contributed by atoms with Gasteiger partial charge in [-0.05, 0) is 13.0 Å². The van der Waals surface area contributed by atoms with E-state index in [-0.39, 0.29) is 16.8 Å². The first kappa shape index (κ1) is 14.1. The molecular formula is C11H12N8O2S. The number of hydrogen-bond donors (Lipinski definition) is 1. The highest BCUT2D eigenvalue weighted by Gasteiger charge is 2.20. The first-order chi connectivity index (χ1) is 10.6. The molecule has 114 valence electrons. The van der Waals surface area contributed by atoms with E-state index in [2.05, 4.69) is 29.9 Å². The summed E-state index contributed by atoms with van der Waals surface area (Å²) in [5.74, 6) is 0.206. The lowest BCUT2D eigenvalue weighted by atomic mass is 10.7. The van der Waals surface area contributed by atoms with Gasteiger partial charge in [-0.15, -0.1) is 0 Å². The third-order valence-corrected chi connectivity index (χ3v) is 4.04. The average molecular weight is 320 g/mol. The maximum Gasteiger partial charge on any atom is 0.267 e. The molecule has 0 fully saturated rings. The Morgan fingerprint density at radius 1 is 1.18 bits per heavy atom. The van der Waals surface area contributed by atoms with Gasteiger partial charge in [0, 0.05) is 25.1 Å². The molecule has 3 rings (SSSR count). The summed E-state index contributed by atoms with van der Waals surface area (Å²) >= 11 is 0. The van der Waals surface area contributed by atoms with Crippen molar-refractivity contribution in [2.24, 2.45) is 0 Å². The molecule has 0 saturated heterocycles. The van der Waals surface area contributed by atoms with E-state index in [4.69, 9.17) is 0 Å². The third-order valence-electron chi connectivity index (χ3n) is 2.76. The average Bonchev–Trinajstić information content (AvgIpc) is 3.16. The Morgan fingerprint density at radius 3 is 2.64 bits per heavy atom. The molecule has 0 atom stereocenters. The molecule has 11 heteroatoms. The monoisotopic (exact) mass is 320 g/mol. The van der Waals surface area contributed by atoms with Gasteiger partial charge in [0.2, 0.25) is 5.95 Å². The minimum atomic E-state index is -3.82. The van der Waals surface area contributed by atoms with Crippen molar-refractivity contribution in [2.75, 3.05) is 4.72 Å². The Morgan fingerprint density at radius 2 is 1.95 bits per heavy atom. The van der Waals surface area contributed by atoms with Gasteiger partial charge in [0.15, 0.2) is 0 Å². The van der Waals surface area contributed by atoms with Crippen molar-refractivity contribution in [3.05, 3.63) is 37.2 Å². The van der Waals surface area contributed by atoms with Crippen LogP contribution < -0.4 is 4.72 Å². The topological polar surface area (TPSA) is 120 Å². The van der Waals surface area contributed by atoms with Gasteiger partial charge >= 0.3 is 0 Å². The van der Waals surface area contributed by atoms with Crippen molar-refractivity contribution < 1.29 is 8.42 Å². The summed E-state index contributed by atoms with van der Waals surface area (Å²) in [6, 6.07) is 1.64. The van der Waals surface area contributed by atoms with Crippen LogP contribution >= 0.6 is 0 Å². The second kappa shape index (κ2) is 5.52. The Balaban J connectivity index is 1.92. The molecule has 0 aliphatic rings. The van der Waals surface area contributed by atoms with Crippen LogP contribution in [-0.4, -0.2) is 42.9 Å². The van der Waals surface area contributed by atoms with Crippen molar-refractivity contribution in [3.63, 3.8) is 0 Å². The van der Waals surface area contributed by atoms with E-state index in [0.717, 1.165) is 0 Å². The molecule has 0 bridgehead atoms. The normalized spacial score (nSPS) is 11.5. The fourth-order valence-electron chi connectivity index (χ4n) is 1.69. The minimum absolute atomic E-state index is 0.00421. The first-order valence-electron chi connectivity index (χ1n) is 6.33. The van der Waals surface area contributed by atoms with E-state index >= 15 is 0 Å². The third kappa shape index (κ3) is 2.65. The second-order valence-corrected chi connectivity index (χ2v) is 5.86. The van der Waals surface area contributed by atoms with E-state index in [1.165, 1.54) is 40.5 Å². The molecule has 0 aliphatic heterocycles. The molecule has 10 nitrogen and oxygen atoms in total. The zero-order chi connectivity index (χ0) is 15.6. The zero-order valence-electron chi connectivity index (χ0n) is 11.5. The van der Waals surface area contributed by atoms with Gasteiger partial charge in [-0.3, -0.25) is 4.68 Å².